The van der Waals surface area contributed by atoms with Crippen LogP contribution in [0.4, 0.5) is 0 Å². The molecule has 0 radical (unpaired) electrons. The van der Waals surface area contributed by atoms with Gasteiger partial charge in [-0.1, -0.05) is 18.2 Å². The van der Waals surface area contributed by atoms with Crippen LogP contribution in [0.3, 0.4) is 0 Å². The first kappa shape index (κ1) is 16.6. The Morgan fingerprint density at radius 1 is 0.913 bits per heavy atom. The van der Waals surface area contributed by atoms with Crippen LogP contribution in [0.2, 0.25) is 0 Å². The lowest BCUT2D eigenvalue weighted by molar-refractivity contribution is 0.160. The highest BCUT2D eigenvalue weighted by molar-refractivity contribution is 5.29. The van der Waals surface area contributed by atoms with Gasteiger partial charge in [0.05, 0.1) is 7.11 Å². The van der Waals surface area contributed by atoms with Gasteiger partial charge in [-0.3, -0.25) is 0 Å². The van der Waals surface area contributed by atoms with Crippen LogP contribution in [0.25, 0.3) is 0 Å². The summed E-state index contributed by atoms with van der Waals surface area (Å²) in [5, 5.41) is 0. The molecule has 1 nitrogen and oxygen atoms in total. The Hall–Kier alpha value is -1.24. The fourth-order valence-corrected chi connectivity index (χ4v) is 4.93. The van der Waals surface area contributed by atoms with Crippen molar-refractivity contribution in [1.82, 2.24) is 0 Å². The van der Waals surface area contributed by atoms with Crippen molar-refractivity contribution in [1.29, 1.82) is 0 Å². The Bertz CT molecular complexity index is 473. The van der Waals surface area contributed by atoms with E-state index in [1.807, 2.05) is 0 Å². The molecule has 126 valence electrons. The van der Waals surface area contributed by atoms with Crippen molar-refractivity contribution in [2.75, 3.05) is 7.11 Å². The van der Waals surface area contributed by atoms with Crippen molar-refractivity contribution >= 4 is 0 Å². The van der Waals surface area contributed by atoms with Crippen LogP contribution < -0.4 is 4.74 Å². The van der Waals surface area contributed by atoms with Crippen LogP contribution in [-0.2, 0) is 0 Å². The lowest BCUT2D eigenvalue weighted by Gasteiger charge is -2.38. The molecule has 2 aliphatic rings. The predicted octanol–water partition coefficient (Wildman–Crippen LogP) is 6.35. The molecule has 0 unspecified atom stereocenters. The second-order valence-electron chi connectivity index (χ2n) is 7.69. The Labute approximate surface area is 142 Å². The van der Waals surface area contributed by atoms with E-state index in [1.165, 1.54) is 63.4 Å². The van der Waals surface area contributed by atoms with E-state index >= 15 is 0 Å². The predicted molar refractivity (Wildman–Crippen MR) is 98.0 cm³/mol. The third-order valence-corrected chi connectivity index (χ3v) is 6.42. The molecule has 0 heterocycles. The Morgan fingerprint density at radius 3 is 2.00 bits per heavy atom. The van der Waals surface area contributed by atoms with E-state index in [0.717, 1.165) is 29.4 Å². The van der Waals surface area contributed by atoms with Crippen LogP contribution in [0.1, 0.15) is 69.3 Å². The van der Waals surface area contributed by atoms with E-state index in [0.29, 0.717) is 0 Å². The standard InChI is InChI=1S/C22H32O/c1-3-4-17-5-7-18(8-6-17)19-9-11-20(12-10-19)21-13-15-22(23-2)16-14-21/h3,13-20H,1,4-12H2,2H3/t17-,18-,19-,20-. The van der Waals surface area contributed by atoms with Gasteiger partial charge < -0.3 is 4.74 Å². The van der Waals surface area contributed by atoms with Crippen molar-refractivity contribution in [3.05, 3.63) is 42.5 Å². The van der Waals surface area contributed by atoms with E-state index in [2.05, 4.69) is 36.9 Å². The van der Waals surface area contributed by atoms with Gasteiger partial charge in [0, 0.05) is 0 Å². The molecule has 1 aromatic rings. The topological polar surface area (TPSA) is 9.23 Å². The van der Waals surface area contributed by atoms with Crippen molar-refractivity contribution in [3.63, 3.8) is 0 Å². The molecular weight excluding hydrogens is 280 g/mol. The summed E-state index contributed by atoms with van der Waals surface area (Å²) >= 11 is 0. The average Bonchev–Trinajstić information content (AvgIpc) is 2.63. The summed E-state index contributed by atoms with van der Waals surface area (Å²) in [4.78, 5) is 0. The first-order valence-electron chi connectivity index (χ1n) is 9.55. The van der Waals surface area contributed by atoms with Crippen molar-refractivity contribution < 1.29 is 4.74 Å². The second-order valence-corrected chi connectivity index (χ2v) is 7.69. The van der Waals surface area contributed by atoms with Crippen LogP contribution >= 0.6 is 0 Å². The highest BCUT2D eigenvalue weighted by Gasteiger charge is 2.30. The maximum Gasteiger partial charge on any atom is 0.118 e. The molecule has 2 aliphatic carbocycles. The fraction of sp³-hybridized carbons (Fsp3) is 0.636. The number of methoxy groups -OCH3 is 1. The molecule has 0 amide bonds. The number of rotatable bonds is 5. The van der Waals surface area contributed by atoms with Gasteiger partial charge in [-0.2, -0.15) is 0 Å². The Morgan fingerprint density at radius 2 is 1.48 bits per heavy atom. The third-order valence-electron chi connectivity index (χ3n) is 6.42. The van der Waals surface area contributed by atoms with Crippen LogP contribution in [0.5, 0.6) is 5.75 Å². The third kappa shape index (κ3) is 4.19. The Kier molecular flexibility index (Phi) is 5.80. The van der Waals surface area contributed by atoms with Crippen LogP contribution in [0, 0.1) is 17.8 Å². The quantitative estimate of drug-likeness (QED) is 0.575. The minimum atomic E-state index is 0.772. The van der Waals surface area contributed by atoms with E-state index in [-0.39, 0.29) is 0 Å². The minimum absolute atomic E-state index is 0.772. The summed E-state index contributed by atoms with van der Waals surface area (Å²) < 4.78 is 5.27. The zero-order chi connectivity index (χ0) is 16.1. The number of hydrogen-bond donors (Lipinski definition) is 0. The minimum Gasteiger partial charge on any atom is -0.497 e. The van der Waals surface area contributed by atoms with E-state index < -0.39 is 0 Å². The second kappa shape index (κ2) is 8.04. The average molecular weight is 312 g/mol. The van der Waals surface area contributed by atoms with E-state index in [9.17, 15) is 0 Å². The molecule has 2 saturated carbocycles. The number of ether oxygens (including phenoxy) is 1. The molecule has 2 fully saturated rings. The van der Waals surface area contributed by atoms with Gasteiger partial charge >= 0.3 is 0 Å². The zero-order valence-electron chi connectivity index (χ0n) is 14.7. The SMILES string of the molecule is C=CC[C@H]1CC[C@H]([C@H]2CC[C@H](c3ccc(OC)cc3)CC2)CC1. The summed E-state index contributed by atoms with van der Waals surface area (Å²) in [7, 11) is 1.74. The smallest absolute Gasteiger partial charge is 0.118 e. The normalized spacial score (nSPS) is 31.5. The zero-order valence-corrected chi connectivity index (χ0v) is 14.7. The lowest BCUT2D eigenvalue weighted by Crippen LogP contribution is -2.25. The Balaban J connectivity index is 1.47. The van der Waals surface area contributed by atoms with Gasteiger partial charge in [0.1, 0.15) is 5.75 Å². The van der Waals surface area contributed by atoms with Gasteiger partial charge in [0.2, 0.25) is 0 Å². The van der Waals surface area contributed by atoms with Crippen molar-refractivity contribution in [3.8, 4) is 5.75 Å². The number of benzene rings is 1. The van der Waals surface area contributed by atoms with E-state index in [1.54, 1.807) is 7.11 Å². The first-order valence-corrected chi connectivity index (χ1v) is 9.55. The largest absolute Gasteiger partial charge is 0.497 e. The lowest BCUT2D eigenvalue weighted by atomic mass is 9.68. The van der Waals surface area contributed by atoms with Gasteiger partial charge in [0.25, 0.3) is 0 Å². The molecule has 1 heteroatoms. The van der Waals surface area contributed by atoms with Crippen molar-refractivity contribution in [2.45, 2.75) is 63.7 Å². The maximum absolute atomic E-state index is 5.27. The molecule has 0 N–H and O–H groups in total. The molecule has 0 aromatic heterocycles. The number of hydrogen-bond acceptors (Lipinski definition) is 1. The van der Waals surface area contributed by atoms with Crippen LogP contribution in [0.15, 0.2) is 36.9 Å². The van der Waals surface area contributed by atoms with Crippen molar-refractivity contribution in [2.24, 2.45) is 17.8 Å². The molecule has 23 heavy (non-hydrogen) atoms. The molecule has 1 aromatic carbocycles. The summed E-state index contributed by atoms with van der Waals surface area (Å²) in [5.74, 6) is 4.68. The molecule has 0 aliphatic heterocycles. The first-order chi connectivity index (χ1) is 11.3. The highest BCUT2D eigenvalue weighted by Crippen LogP contribution is 2.44. The van der Waals surface area contributed by atoms with Gasteiger partial charge in [-0.15, -0.1) is 6.58 Å². The van der Waals surface area contributed by atoms with Crippen LogP contribution in [-0.4, -0.2) is 7.11 Å². The maximum atomic E-state index is 5.27. The van der Waals surface area contributed by atoms with E-state index in [4.69, 9.17) is 4.74 Å². The van der Waals surface area contributed by atoms with Gasteiger partial charge in [-0.05, 0) is 99.2 Å². The summed E-state index contributed by atoms with van der Waals surface area (Å²) in [6.07, 6.45) is 14.8. The van der Waals surface area contributed by atoms with Gasteiger partial charge in [-0.25, -0.2) is 0 Å². The number of allylic oxidation sites excluding steroid dienone is 1. The molecule has 3 rings (SSSR count). The molecular formula is C22H32O. The van der Waals surface area contributed by atoms with Gasteiger partial charge in [0.15, 0.2) is 0 Å². The summed E-state index contributed by atoms with van der Waals surface area (Å²) in [6, 6.07) is 8.76. The summed E-state index contributed by atoms with van der Waals surface area (Å²) in [6.45, 7) is 3.90. The highest BCUT2D eigenvalue weighted by atomic mass is 16.5. The fourth-order valence-electron chi connectivity index (χ4n) is 4.93. The monoisotopic (exact) mass is 312 g/mol. The molecule has 0 bridgehead atoms. The molecule has 0 saturated heterocycles. The summed E-state index contributed by atoms with van der Waals surface area (Å²) in [5.41, 5.74) is 1.51. The molecule has 0 spiro atoms. The molecule has 0 atom stereocenters.